The Labute approximate surface area is 124 Å². The SMILES string of the molecule is CN1CCC(CNC(=O)c2ccnn2C2CCC2)CC1=O. The van der Waals surface area contributed by atoms with Gasteiger partial charge >= 0.3 is 0 Å². The predicted octanol–water partition coefficient (Wildman–Crippen LogP) is 1.21. The van der Waals surface area contributed by atoms with E-state index in [0.29, 0.717) is 24.7 Å². The quantitative estimate of drug-likeness (QED) is 0.906. The fourth-order valence-corrected chi connectivity index (χ4v) is 2.92. The number of aromatic nitrogens is 2. The minimum atomic E-state index is -0.0780. The molecule has 2 fully saturated rings. The summed E-state index contributed by atoms with van der Waals surface area (Å²) in [4.78, 5) is 25.7. The maximum absolute atomic E-state index is 12.3. The first-order chi connectivity index (χ1) is 10.1. The van der Waals surface area contributed by atoms with E-state index in [4.69, 9.17) is 0 Å². The molecule has 1 aromatic rings. The Hall–Kier alpha value is -1.85. The van der Waals surface area contributed by atoms with Crippen LogP contribution in [0.25, 0.3) is 0 Å². The van der Waals surface area contributed by atoms with Gasteiger partial charge in [-0.25, -0.2) is 0 Å². The van der Waals surface area contributed by atoms with Gasteiger partial charge in [0.25, 0.3) is 5.91 Å². The molecular weight excluding hydrogens is 268 g/mol. The molecule has 1 aromatic heterocycles. The highest BCUT2D eigenvalue weighted by molar-refractivity contribution is 5.92. The van der Waals surface area contributed by atoms with E-state index in [1.165, 1.54) is 6.42 Å². The van der Waals surface area contributed by atoms with Crippen molar-refractivity contribution >= 4 is 11.8 Å². The lowest BCUT2D eigenvalue weighted by Gasteiger charge is -2.29. The molecule has 0 spiro atoms. The van der Waals surface area contributed by atoms with Crippen LogP contribution in [0.4, 0.5) is 0 Å². The van der Waals surface area contributed by atoms with Crippen molar-refractivity contribution < 1.29 is 9.59 Å². The van der Waals surface area contributed by atoms with Crippen molar-refractivity contribution in [1.82, 2.24) is 20.0 Å². The normalized spacial score (nSPS) is 23.0. The van der Waals surface area contributed by atoms with Crippen LogP contribution in [0, 0.1) is 5.92 Å². The highest BCUT2D eigenvalue weighted by atomic mass is 16.2. The molecule has 0 aromatic carbocycles. The van der Waals surface area contributed by atoms with Crippen molar-refractivity contribution in [3.05, 3.63) is 18.0 Å². The molecular formula is C15H22N4O2. The van der Waals surface area contributed by atoms with Crippen LogP contribution in [0.5, 0.6) is 0 Å². The fourth-order valence-electron chi connectivity index (χ4n) is 2.92. The number of hydrogen-bond donors (Lipinski definition) is 1. The van der Waals surface area contributed by atoms with Crippen molar-refractivity contribution in [3.63, 3.8) is 0 Å². The molecule has 1 atom stereocenters. The van der Waals surface area contributed by atoms with Crippen molar-refractivity contribution in [1.29, 1.82) is 0 Å². The lowest BCUT2D eigenvalue weighted by Crippen LogP contribution is -2.40. The zero-order valence-corrected chi connectivity index (χ0v) is 12.4. The summed E-state index contributed by atoms with van der Waals surface area (Å²) in [6.07, 6.45) is 6.58. The molecule has 21 heavy (non-hydrogen) atoms. The van der Waals surface area contributed by atoms with Gasteiger partial charge in [-0.05, 0) is 37.7 Å². The number of piperidine rings is 1. The van der Waals surface area contributed by atoms with Crippen LogP contribution in [0.1, 0.15) is 48.6 Å². The zero-order chi connectivity index (χ0) is 14.8. The van der Waals surface area contributed by atoms with Crippen LogP contribution in [-0.4, -0.2) is 46.6 Å². The van der Waals surface area contributed by atoms with Gasteiger partial charge in [-0.15, -0.1) is 0 Å². The van der Waals surface area contributed by atoms with E-state index in [-0.39, 0.29) is 17.7 Å². The number of likely N-dealkylation sites (tertiary alicyclic amines) is 1. The fraction of sp³-hybridized carbons (Fsp3) is 0.667. The van der Waals surface area contributed by atoms with Gasteiger partial charge in [0.1, 0.15) is 5.69 Å². The van der Waals surface area contributed by atoms with E-state index in [0.717, 1.165) is 25.8 Å². The molecule has 1 saturated heterocycles. The molecule has 0 bridgehead atoms. The highest BCUT2D eigenvalue weighted by Gasteiger charge is 2.26. The summed E-state index contributed by atoms with van der Waals surface area (Å²) in [5.41, 5.74) is 0.638. The summed E-state index contributed by atoms with van der Waals surface area (Å²) < 4.78 is 1.85. The molecule has 2 heterocycles. The Kier molecular flexibility index (Phi) is 3.94. The van der Waals surface area contributed by atoms with Gasteiger partial charge in [0.15, 0.2) is 0 Å². The van der Waals surface area contributed by atoms with E-state index >= 15 is 0 Å². The second-order valence-electron chi connectivity index (χ2n) is 6.13. The summed E-state index contributed by atoms with van der Waals surface area (Å²) in [6.45, 7) is 1.34. The van der Waals surface area contributed by atoms with Crippen molar-refractivity contribution in [3.8, 4) is 0 Å². The third-order valence-electron chi connectivity index (χ3n) is 4.64. The molecule has 1 N–H and O–H groups in total. The number of hydrogen-bond acceptors (Lipinski definition) is 3. The lowest BCUT2D eigenvalue weighted by molar-refractivity contribution is -0.133. The number of amides is 2. The molecule has 114 valence electrons. The topological polar surface area (TPSA) is 67.2 Å². The number of rotatable bonds is 4. The van der Waals surface area contributed by atoms with Gasteiger partial charge in [0.2, 0.25) is 5.91 Å². The van der Waals surface area contributed by atoms with Crippen molar-refractivity contribution in [2.24, 2.45) is 5.92 Å². The van der Waals surface area contributed by atoms with Crippen molar-refractivity contribution in [2.75, 3.05) is 20.1 Å². The van der Waals surface area contributed by atoms with Gasteiger partial charge in [-0.2, -0.15) is 5.10 Å². The monoisotopic (exact) mass is 290 g/mol. The van der Waals surface area contributed by atoms with E-state index in [2.05, 4.69) is 10.4 Å². The molecule has 3 rings (SSSR count). The van der Waals surface area contributed by atoms with Gasteiger partial charge in [0, 0.05) is 32.8 Å². The number of nitrogens with zero attached hydrogens (tertiary/aromatic N) is 3. The molecule has 1 aliphatic carbocycles. The second kappa shape index (κ2) is 5.87. The van der Waals surface area contributed by atoms with Crippen LogP contribution < -0.4 is 5.32 Å². The van der Waals surface area contributed by atoms with E-state index in [1.54, 1.807) is 17.2 Å². The first kappa shape index (κ1) is 14.1. The number of carbonyl (C=O) groups excluding carboxylic acids is 2. The van der Waals surface area contributed by atoms with E-state index in [9.17, 15) is 9.59 Å². The number of carbonyl (C=O) groups is 2. The van der Waals surface area contributed by atoms with Gasteiger partial charge < -0.3 is 10.2 Å². The van der Waals surface area contributed by atoms with Gasteiger partial charge in [0.05, 0.1) is 6.04 Å². The number of nitrogens with one attached hydrogen (secondary N) is 1. The smallest absolute Gasteiger partial charge is 0.269 e. The molecule has 6 nitrogen and oxygen atoms in total. The first-order valence-electron chi connectivity index (χ1n) is 7.71. The minimum absolute atomic E-state index is 0.0780. The Morgan fingerprint density at radius 2 is 2.24 bits per heavy atom. The second-order valence-corrected chi connectivity index (χ2v) is 6.13. The van der Waals surface area contributed by atoms with Crippen LogP contribution in [0.15, 0.2) is 12.3 Å². The lowest BCUT2D eigenvalue weighted by atomic mass is 9.93. The minimum Gasteiger partial charge on any atom is -0.350 e. The van der Waals surface area contributed by atoms with Crippen LogP contribution in [0.2, 0.25) is 0 Å². The van der Waals surface area contributed by atoms with E-state index in [1.807, 2.05) is 11.7 Å². The maximum atomic E-state index is 12.3. The van der Waals surface area contributed by atoms with Crippen LogP contribution in [0.3, 0.4) is 0 Å². The molecule has 0 radical (unpaired) electrons. The zero-order valence-electron chi connectivity index (χ0n) is 12.4. The van der Waals surface area contributed by atoms with Crippen LogP contribution >= 0.6 is 0 Å². The third-order valence-corrected chi connectivity index (χ3v) is 4.64. The average Bonchev–Trinajstić information content (AvgIpc) is 2.87. The van der Waals surface area contributed by atoms with Gasteiger partial charge in [-0.1, -0.05) is 0 Å². The summed E-state index contributed by atoms with van der Waals surface area (Å²) in [5.74, 6) is 0.337. The molecule has 1 aliphatic heterocycles. The first-order valence-corrected chi connectivity index (χ1v) is 7.71. The van der Waals surface area contributed by atoms with Crippen molar-refractivity contribution in [2.45, 2.75) is 38.1 Å². The third kappa shape index (κ3) is 2.94. The summed E-state index contributed by atoms with van der Waals surface area (Å²) in [7, 11) is 1.83. The summed E-state index contributed by atoms with van der Waals surface area (Å²) in [6, 6.07) is 2.15. The Bertz CT molecular complexity index is 536. The summed E-state index contributed by atoms with van der Waals surface area (Å²) >= 11 is 0. The molecule has 1 unspecified atom stereocenters. The van der Waals surface area contributed by atoms with Crippen LogP contribution in [-0.2, 0) is 4.79 Å². The molecule has 6 heteroatoms. The van der Waals surface area contributed by atoms with E-state index < -0.39 is 0 Å². The summed E-state index contributed by atoms with van der Waals surface area (Å²) in [5, 5.41) is 7.23. The average molecular weight is 290 g/mol. The Morgan fingerprint density at radius 3 is 2.90 bits per heavy atom. The molecule has 2 amide bonds. The Balaban J connectivity index is 1.55. The predicted molar refractivity (Wildman–Crippen MR) is 77.8 cm³/mol. The standard InChI is InChI=1S/C15H22N4O2/c1-18-8-6-11(9-14(18)20)10-16-15(21)13-5-7-17-19(13)12-3-2-4-12/h5,7,11-12H,2-4,6,8-10H2,1H3,(H,16,21). The largest absolute Gasteiger partial charge is 0.350 e. The highest BCUT2D eigenvalue weighted by Crippen LogP contribution is 2.31. The Morgan fingerprint density at radius 1 is 1.43 bits per heavy atom. The maximum Gasteiger partial charge on any atom is 0.269 e. The molecule has 1 saturated carbocycles. The van der Waals surface area contributed by atoms with Gasteiger partial charge in [-0.3, -0.25) is 14.3 Å². The molecule has 2 aliphatic rings.